The molecule has 5 nitrogen and oxygen atoms in total. The summed E-state index contributed by atoms with van der Waals surface area (Å²) < 4.78 is 11.6. The Balaban J connectivity index is 1.59. The Bertz CT molecular complexity index is 695. The molecule has 0 radical (unpaired) electrons. The van der Waals surface area contributed by atoms with Gasteiger partial charge < -0.3 is 20.8 Å². The number of aliphatic hydroxyl groups excluding tert-OH is 1. The quantitative estimate of drug-likeness (QED) is 0.453. The first kappa shape index (κ1) is 20.4. The van der Waals surface area contributed by atoms with E-state index in [4.69, 9.17) is 0 Å². The second-order valence-electron chi connectivity index (χ2n) is 6.25. The molecule has 0 saturated carbocycles. The third-order valence-electron chi connectivity index (χ3n) is 4.15. The molecule has 6 heteroatoms. The maximum atomic E-state index is 11.6. The lowest BCUT2D eigenvalue weighted by Crippen LogP contribution is -2.22. The number of nitrogens with one attached hydrogen (secondary N) is 2. The van der Waals surface area contributed by atoms with E-state index in [1.807, 2.05) is 18.2 Å². The van der Waals surface area contributed by atoms with E-state index >= 15 is 0 Å². The van der Waals surface area contributed by atoms with Crippen molar-refractivity contribution < 1.29 is 14.4 Å². The number of unbranched alkanes of at least 4 members (excludes halogenated alkanes) is 2. The van der Waals surface area contributed by atoms with Crippen LogP contribution in [0.15, 0.2) is 53.4 Å². The minimum absolute atomic E-state index is 0.00106. The summed E-state index contributed by atoms with van der Waals surface area (Å²) in [5.41, 5.74) is 1.81. The smallest absolute Gasteiger partial charge is 0.131 e. The summed E-state index contributed by atoms with van der Waals surface area (Å²) in [5.74, 6) is -0.00106. The van der Waals surface area contributed by atoms with E-state index in [1.54, 1.807) is 12.1 Å². The third-order valence-corrected chi connectivity index (χ3v) is 5.10. The molecular formula is C20H28N2O3S. The van der Waals surface area contributed by atoms with Crippen molar-refractivity contribution in [2.45, 2.75) is 30.3 Å². The highest BCUT2D eigenvalue weighted by molar-refractivity contribution is 7.84. The monoisotopic (exact) mass is 376 g/mol. The van der Waals surface area contributed by atoms with Gasteiger partial charge in [-0.15, -0.1) is 0 Å². The number of aromatic hydroxyl groups is 1. The zero-order valence-corrected chi connectivity index (χ0v) is 16.0. The van der Waals surface area contributed by atoms with Gasteiger partial charge in [0.15, 0.2) is 0 Å². The topological polar surface area (TPSA) is 81.6 Å². The summed E-state index contributed by atoms with van der Waals surface area (Å²) in [7, 11) is -1.28. The van der Waals surface area contributed by atoms with E-state index in [1.165, 1.54) is 12.3 Å². The van der Waals surface area contributed by atoms with E-state index in [-0.39, 0.29) is 5.75 Å². The number of para-hydroxylation sites is 1. The molecule has 0 saturated heterocycles. The number of hydrogen-bond donors (Lipinski definition) is 4. The molecule has 142 valence electrons. The van der Waals surface area contributed by atoms with Gasteiger partial charge in [0.2, 0.25) is 0 Å². The highest BCUT2D eigenvalue weighted by Gasteiger charge is 2.12. The predicted molar refractivity (Wildman–Crippen MR) is 107 cm³/mol. The second-order valence-corrected chi connectivity index (χ2v) is 7.60. The molecule has 0 aromatic heterocycles. The van der Waals surface area contributed by atoms with Crippen molar-refractivity contribution in [1.29, 1.82) is 0 Å². The fourth-order valence-electron chi connectivity index (χ4n) is 2.67. The van der Waals surface area contributed by atoms with Gasteiger partial charge in [-0.1, -0.05) is 30.7 Å². The first-order chi connectivity index (χ1) is 12.6. The molecule has 0 aliphatic heterocycles. The average molecular weight is 377 g/mol. The summed E-state index contributed by atoms with van der Waals surface area (Å²) in [6.45, 7) is 2.23. The van der Waals surface area contributed by atoms with Gasteiger partial charge in [-0.2, -0.15) is 0 Å². The lowest BCUT2D eigenvalue weighted by molar-refractivity contribution is 0.174. The molecule has 0 aliphatic rings. The number of anilines is 1. The van der Waals surface area contributed by atoms with E-state index in [0.29, 0.717) is 17.0 Å². The normalized spacial score (nSPS) is 13.3. The van der Waals surface area contributed by atoms with Crippen molar-refractivity contribution in [2.24, 2.45) is 0 Å². The number of aliphatic hydroxyl groups is 1. The van der Waals surface area contributed by atoms with Gasteiger partial charge in [-0.05, 0) is 49.2 Å². The van der Waals surface area contributed by atoms with Crippen LogP contribution in [0.4, 0.5) is 5.69 Å². The first-order valence-electron chi connectivity index (χ1n) is 8.92. The van der Waals surface area contributed by atoms with E-state index in [2.05, 4.69) is 22.8 Å². The lowest BCUT2D eigenvalue weighted by Gasteiger charge is -2.14. The van der Waals surface area contributed by atoms with Gasteiger partial charge in [-0.3, -0.25) is 4.21 Å². The van der Waals surface area contributed by atoms with Crippen LogP contribution in [0.5, 0.6) is 5.75 Å². The number of benzene rings is 2. The van der Waals surface area contributed by atoms with Crippen LogP contribution in [0.1, 0.15) is 30.9 Å². The van der Waals surface area contributed by atoms with Crippen LogP contribution in [0.3, 0.4) is 0 Å². The maximum Gasteiger partial charge on any atom is 0.131 e. The Labute approximate surface area is 157 Å². The molecule has 2 aromatic carbocycles. The maximum absolute atomic E-state index is 11.6. The standard InChI is InChI=1S/C20H28N2O3S/c1-26(25)20-14-16(10-11-18(20)23)19(24)15-21-12-6-3-7-13-22-17-8-4-2-5-9-17/h2,4-5,8-11,14,19,21-24H,3,6-7,12-13,15H2,1H3. The van der Waals surface area contributed by atoms with Crippen molar-refractivity contribution in [1.82, 2.24) is 5.32 Å². The Morgan fingerprint density at radius 3 is 2.50 bits per heavy atom. The van der Waals surface area contributed by atoms with Crippen LogP contribution in [-0.2, 0) is 10.8 Å². The zero-order valence-electron chi connectivity index (χ0n) is 15.1. The van der Waals surface area contributed by atoms with Gasteiger partial charge in [0, 0.05) is 25.0 Å². The van der Waals surface area contributed by atoms with Crippen LogP contribution < -0.4 is 10.6 Å². The van der Waals surface area contributed by atoms with Crippen LogP contribution in [0.25, 0.3) is 0 Å². The Morgan fingerprint density at radius 1 is 1.04 bits per heavy atom. The van der Waals surface area contributed by atoms with E-state index < -0.39 is 16.9 Å². The van der Waals surface area contributed by atoms with Gasteiger partial charge in [-0.25, -0.2) is 0 Å². The van der Waals surface area contributed by atoms with Crippen molar-refractivity contribution in [3.05, 3.63) is 54.1 Å². The largest absolute Gasteiger partial charge is 0.507 e. The number of rotatable bonds is 11. The molecular weight excluding hydrogens is 348 g/mol. The molecule has 26 heavy (non-hydrogen) atoms. The molecule has 2 atom stereocenters. The lowest BCUT2D eigenvalue weighted by atomic mass is 10.1. The van der Waals surface area contributed by atoms with Crippen LogP contribution in [0.2, 0.25) is 0 Å². The molecule has 0 heterocycles. The summed E-state index contributed by atoms with van der Waals surface area (Å²) in [6.07, 6.45) is 4.08. The van der Waals surface area contributed by atoms with E-state index in [0.717, 1.165) is 38.0 Å². The van der Waals surface area contributed by atoms with E-state index in [9.17, 15) is 14.4 Å². The second kappa shape index (κ2) is 11.0. The molecule has 0 bridgehead atoms. The van der Waals surface area contributed by atoms with Gasteiger partial charge in [0.05, 0.1) is 21.8 Å². The van der Waals surface area contributed by atoms with Gasteiger partial charge in [0.1, 0.15) is 5.75 Å². The minimum Gasteiger partial charge on any atom is -0.507 e. The minimum atomic E-state index is -1.28. The Morgan fingerprint density at radius 2 is 1.77 bits per heavy atom. The molecule has 2 rings (SSSR count). The van der Waals surface area contributed by atoms with Gasteiger partial charge in [0.25, 0.3) is 0 Å². The van der Waals surface area contributed by atoms with Gasteiger partial charge >= 0.3 is 0 Å². The molecule has 0 amide bonds. The summed E-state index contributed by atoms with van der Waals surface area (Å²) in [5, 5.41) is 26.5. The average Bonchev–Trinajstić information content (AvgIpc) is 2.64. The third kappa shape index (κ3) is 6.78. The predicted octanol–water partition coefficient (Wildman–Crippen LogP) is 3.04. The molecule has 0 aliphatic carbocycles. The van der Waals surface area contributed by atoms with Crippen LogP contribution in [0, 0.1) is 0 Å². The number of hydrogen-bond acceptors (Lipinski definition) is 5. The first-order valence-corrected chi connectivity index (χ1v) is 10.5. The number of phenolic OH excluding ortho intramolecular Hbond substituents is 1. The van der Waals surface area contributed by atoms with Crippen molar-refractivity contribution >= 4 is 16.5 Å². The summed E-state index contributed by atoms with van der Waals surface area (Å²) in [6, 6.07) is 14.9. The highest BCUT2D eigenvalue weighted by atomic mass is 32.2. The SMILES string of the molecule is CS(=O)c1cc(C(O)CNCCCCCNc2ccccc2)ccc1O. The summed E-state index contributed by atoms with van der Waals surface area (Å²) in [4.78, 5) is 0.354. The molecule has 2 aromatic rings. The van der Waals surface area contributed by atoms with Crippen molar-refractivity contribution in [2.75, 3.05) is 31.2 Å². The molecule has 0 spiro atoms. The fourth-order valence-corrected chi connectivity index (χ4v) is 3.33. The van der Waals surface area contributed by atoms with Crippen molar-refractivity contribution in [3.63, 3.8) is 0 Å². The number of phenols is 1. The highest BCUT2D eigenvalue weighted by Crippen LogP contribution is 2.24. The fraction of sp³-hybridized carbons (Fsp3) is 0.400. The molecule has 4 N–H and O–H groups in total. The Hall–Kier alpha value is -1.89. The zero-order chi connectivity index (χ0) is 18.8. The van der Waals surface area contributed by atoms with Crippen molar-refractivity contribution in [3.8, 4) is 5.75 Å². The Kier molecular flexibility index (Phi) is 8.61. The summed E-state index contributed by atoms with van der Waals surface area (Å²) >= 11 is 0. The molecule has 0 fully saturated rings. The van der Waals surface area contributed by atoms with Crippen LogP contribution in [-0.4, -0.2) is 40.3 Å². The molecule has 2 unspecified atom stereocenters. The van der Waals surface area contributed by atoms with Crippen LogP contribution >= 0.6 is 0 Å².